The Morgan fingerprint density at radius 3 is 2.43 bits per heavy atom. The standard InChI is InChI=1S/C24H26Cl2N2O6S/c1-34-14-8-10-15-17(12-14)23(29)28(20-6-4-3-5-19(20)27-35(2,32)33)22(21(15)24(30)31)16-9-7-13(25)11-18(16)26/h7-12,19-22,27H,3-6H2,1-2H3,(H,30,31)/t19-,20-,21+,22-/m0/s1. The molecule has 1 heterocycles. The van der Waals surface area contributed by atoms with Crippen LogP contribution in [0.15, 0.2) is 36.4 Å². The third-order valence-electron chi connectivity index (χ3n) is 6.68. The third-order valence-corrected chi connectivity index (χ3v) is 7.97. The van der Waals surface area contributed by atoms with Crippen LogP contribution in [0.5, 0.6) is 5.75 Å². The van der Waals surface area contributed by atoms with E-state index in [9.17, 15) is 23.1 Å². The topological polar surface area (TPSA) is 113 Å². The van der Waals surface area contributed by atoms with E-state index >= 15 is 0 Å². The number of rotatable bonds is 6. The fourth-order valence-electron chi connectivity index (χ4n) is 5.27. The van der Waals surface area contributed by atoms with E-state index in [1.54, 1.807) is 24.3 Å². The minimum absolute atomic E-state index is 0.210. The number of carbonyl (C=O) groups excluding carboxylic acids is 1. The Morgan fingerprint density at radius 1 is 1.11 bits per heavy atom. The smallest absolute Gasteiger partial charge is 0.313 e. The van der Waals surface area contributed by atoms with Crippen LogP contribution in [0.3, 0.4) is 0 Å². The van der Waals surface area contributed by atoms with Gasteiger partial charge in [0, 0.05) is 27.7 Å². The van der Waals surface area contributed by atoms with Gasteiger partial charge in [-0.2, -0.15) is 0 Å². The summed E-state index contributed by atoms with van der Waals surface area (Å²) < 4.78 is 32.2. The SMILES string of the molecule is COc1ccc2c(c1)C(=O)N([C@H]1CCCC[C@@H]1NS(C)(=O)=O)[C@@H](c1ccc(Cl)cc1Cl)[C@@H]2C(=O)O. The van der Waals surface area contributed by atoms with Crippen molar-refractivity contribution in [1.82, 2.24) is 9.62 Å². The van der Waals surface area contributed by atoms with Gasteiger partial charge in [-0.25, -0.2) is 13.1 Å². The lowest BCUT2D eigenvalue weighted by Gasteiger charge is -2.48. The first-order valence-corrected chi connectivity index (χ1v) is 13.8. The molecule has 0 saturated heterocycles. The van der Waals surface area contributed by atoms with E-state index in [0.717, 1.165) is 19.1 Å². The molecule has 8 nitrogen and oxygen atoms in total. The molecular weight excluding hydrogens is 515 g/mol. The lowest BCUT2D eigenvalue weighted by molar-refractivity contribution is -0.141. The summed E-state index contributed by atoms with van der Waals surface area (Å²) in [5.74, 6) is -2.26. The van der Waals surface area contributed by atoms with Crippen molar-refractivity contribution in [3.63, 3.8) is 0 Å². The number of carboxylic acids is 1. The highest BCUT2D eigenvalue weighted by atomic mass is 35.5. The maximum absolute atomic E-state index is 14.1. The number of methoxy groups -OCH3 is 1. The van der Waals surface area contributed by atoms with Gasteiger partial charge in [-0.15, -0.1) is 0 Å². The molecule has 0 unspecified atom stereocenters. The van der Waals surface area contributed by atoms with Crippen molar-refractivity contribution in [2.24, 2.45) is 0 Å². The zero-order chi connectivity index (χ0) is 25.5. The predicted octanol–water partition coefficient (Wildman–Crippen LogP) is 4.23. The van der Waals surface area contributed by atoms with E-state index in [0.29, 0.717) is 34.7 Å². The van der Waals surface area contributed by atoms with E-state index in [4.69, 9.17) is 27.9 Å². The highest BCUT2D eigenvalue weighted by Crippen LogP contribution is 2.48. The Kier molecular flexibility index (Phi) is 7.33. The summed E-state index contributed by atoms with van der Waals surface area (Å²) in [4.78, 5) is 28.3. The van der Waals surface area contributed by atoms with Crippen LogP contribution in [-0.4, -0.2) is 55.7 Å². The summed E-state index contributed by atoms with van der Waals surface area (Å²) in [6.45, 7) is 0. The van der Waals surface area contributed by atoms with Gasteiger partial charge in [-0.3, -0.25) is 9.59 Å². The molecule has 2 aromatic carbocycles. The first kappa shape index (κ1) is 25.8. The second kappa shape index (κ2) is 9.97. The zero-order valence-electron chi connectivity index (χ0n) is 19.2. The van der Waals surface area contributed by atoms with Crippen molar-refractivity contribution in [3.8, 4) is 5.75 Å². The summed E-state index contributed by atoms with van der Waals surface area (Å²) in [5, 5.41) is 11.0. The van der Waals surface area contributed by atoms with Crippen molar-refractivity contribution in [2.45, 2.75) is 49.7 Å². The number of carbonyl (C=O) groups is 2. The van der Waals surface area contributed by atoms with Gasteiger partial charge in [0.25, 0.3) is 5.91 Å². The number of sulfonamides is 1. The number of nitrogens with one attached hydrogen (secondary N) is 1. The second-order valence-corrected chi connectivity index (χ2v) is 11.6. The van der Waals surface area contributed by atoms with Crippen LogP contribution in [0, 0.1) is 0 Å². The third kappa shape index (κ3) is 5.14. The molecule has 4 rings (SSSR count). The van der Waals surface area contributed by atoms with Crippen LogP contribution in [0.2, 0.25) is 10.0 Å². The molecule has 0 radical (unpaired) electrons. The maximum atomic E-state index is 14.1. The number of benzene rings is 2. The molecule has 188 valence electrons. The zero-order valence-corrected chi connectivity index (χ0v) is 21.5. The molecule has 4 atom stereocenters. The van der Waals surface area contributed by atoms with E-state index in [-0.39, 0.29) is 10.6 Å². The normalized spacial score (nSPS) is 24.7. The lowest BCUT2D eigenvalue weighted by Crippen LogP contribution is -2.58. The van der Waals surface area contributed by atoms with Crippen molar-refractivity contribution < 1.29 is 27.9 Å². The first-order valence-electron chi connectivity index (χ1n) is 11.2. The molecule has 1 aliphatic heterocycles. The van der Waals surface area contributed by atoms with Crippen molar-refractivity contribution in [2.75, 3.05) is 13.4 Å². The average molecular weight is 541 g/mol. The minimum atomic E-state index is -3.58. The van der Waals surface area contributed by atoms with Gasteiger partial charge in [-0.1, -0.05) is 48.2 Å². The van der Waals surface area contributed by atoms with Gasteiger partial charge in [0.1, 0.15) is 11.7 Å². The molecule has 0 bridgehead atoms. The summed E-state index contributed by atoms with van der Waals surface area (Å²) in [6.07, 6.45) is 3.65. The summed E-state index contributed by atoms with van der Waals surface area (Å²) >= 11 is 12.7. The number of ether oxygens (including phenoxy) is 1. The summed E-state index contributed by atoms with van der Waals surface area (Å²) in [6, 6.07) is 7.35. The molecular formula is C24H26Cl2N2O6S. The predicted molar refractivity (Wildman–Crippen MR) is 133 cm³/mol. The number of halogens is 2. The molecule has 1 saturated carbocycles. The van der Waals surface area contributed by atoms with Crippen LogP contribution in [0.4, 0.5) is 0 Å². The minimum Gasteiger partial charge on any atom is -0.497 e. The average Bonchev–Trinajstić information content (AvgIpc) is 2.78. The highest BCUT2D eigenvalue weighted by Gasteiger charge is 2.49. The Balaban J connectivity index is 1.95. The molecule has 1 amide bonds. The molecule has 11 heteroatoms. The number of aliphatic carboxylic acids is 1. The first-order chi connectivity index (χ1) is 16.5. The maximum Gasteiger partial charge on any atom is 0.313 e. The second-order valence-electron chi connectivity index (χ2n) is 8.94. The highest BCUT2D eigenvalue weighted by molar-refractivity contribution is 7.88. The van der Waals surface area contributed by atoms with Gasteiger partial charge in [0.05, 0.1) is 19.4 Å². The molecule has 2 aliphatic rings. The molecule has 2 aromatic rings. The number of hydrogen-bond donors (Lipinski definition) is 2. The molecule has 2 N–H and O–H groups in total. The molecule has 1 aliphatic carbocycles. The van der Waals surface area contributed by atoms with Gasteiger partial charge in [-0.05, 0) is 48.2 Å². The largest absolute Gasteiger partial charge is 0.497 e. The van der Waals surface area contributed by atoms with E-state index < -0.39 is 45.9 Å². The molecule has 0 aromatic heterocycles. The molecule has 35 heavy (non-hydrogen) atoms. The van der Waals surface area contributed by atoms with E-state index in [1.165, 1.54) is 24.1 Å². The van der Waals surface area contributed by atoms with Crippen LogP contribution >= 0.6 is 23.2 Å². The van der Waals surface area contributed by atoms with E-state index in [2.05, 4.69) is 4.72 Å². The number of nitrogens with zero attached hydrogens (tertiary/aromatic N) is 1. The van der Waals surface area contributed by atoms with Crippen LogP contribution < -0.4 is 9.46 Å². The van der Waals surface area contributed by atoms with Crippen LogP contribution in [0.25, 0.3) is 0 Å². The Morgan fingerprint density at radius 2 is 1.80 bits per heavy atom. The molecule has 1 fully saturated rings. The fraction of sp³-hybridized carbons (Fsp3) is 0.417. The van der Waals surface area contributed by atoms with Crippen molar-refractivity contribution in [1.29, 1.82) is 0 Å². The molecule has 0 spiro atoms. The van der Waals surface area contributed by atoms with Crippen molar-refractivity contribution >= 4 is 45.1 Å². The van der Waals surface area contributed by atoms with Gasteiger partial charge >= 0.3 is 5.97 Å². The number of hydrogen-bond acceptors (Lipinski definition) is 5. The van der Waals surface area contributed by atoms with Gasteiger partial charge in [0.15, 0.2) is 0 Å². The van der Waals surface area contributed by atoms with Crippen LogP contribution in [-0.2, 0) is 14.8 Å². The summed E-state index contributed by atoms with van der Waals surface area (Å²) in [5.41, 5.74) is 0.989. The Bertz CT molecular complexity index is 1270. The lowest BCUT2D eigenvalue weighted by atomic mass is 9.77. The van der Waals surface area contributed by atoms with Gasteiger partial charge < -0.3 is 14.7 Å². The monoisotopic (exact) mass is 540 g/mol. The van der Waals surface area contributed by atoms with Gasteiger partial charge in [0.2, 0.25) is 10.0 Å². The number of amides is 1. The Labute approximate surface area is 214 Å². The van der Waals surface area contributed by atoms with Crippen LogP contribution in [0.1, 0.15) is 59.1 Å². The summed E-state index contributed by atoms with van der Waals surface area (Å²) in [7, 11) is -2.11. The number of fused-ring (bicyclic) bond motifs is 1. The fourth-order valence-corrected chi connectivity index (χ4v) is 6.61. The number of carboxylic acid groups (broad SMARTS) is 1. The Hall–Kier alpha value is -2.33. The quantitative estimate of drug-likeness (QED) is 0.566. The van der Waals surface area contributed by atoms with E-state index in [1.807, 2.05) is 0 Å². The van der Waals surface area contributed by atoms with Crippen molar-refractivity contribution in [3.05, 3.63) is 63.1 Å².